The smallest absolute Gasteiger partial charge is 0.418 e. The monoisotopic (exact) mass is 450 g/mol. The first-order valence-corrected chi connectivity index (χ1v) is 8.63. The molecule has 2 aromatic rings. The van der Waals surface area contributed by atoms with Crippen molar-refractivity contribution in [2.24, 2.45) is 4.99 Å². The van der Waals surface area contributed by atoms with Crippen LogP contribution in [0.4, 0.5) is 18.9 Å². The lowest BCUT2D eigenvalue weighted by atomic mass is 10.2. The van der Waals surface area contributed by atoms with Crippen LogP contribution in [0.25, 0.3) is 6.08 Å². The molecule has 1 saturated heterocycles. The quantitative estimate of drug-likeness (QED) is 0.604. The van der Waals surface area contributed by atoms with Crippen LogP contribution in [0.1, 0.15) is 11.3 Å². The van der Waals surface area contributed by atoms with Crippen LogP contribution in [-0.4, -0.2) is 11.1 Å². The average Bonchev–Trinajstić information content (AvgIpc) is 3.06. The van der Waals surface area contributed by atoms with Gasteiger partial charge in [0, 0.05) is 11.1 Å². The summed E-state index contributed by atoms with van der Waals surface area (Å²) in [5.41, 5.74) is -1.31. The summed E-state index contributed by atoms with van der Waals surface area (Å²) >= 11 is 9.69. The second kappa shape index (κ2) is 6.89. The standard InChI is InChI=1S/C15H7BrClF3N2O2S/c16-12-4-2-8(24-12)6-11-13(23)22-14(25-11)21-10-3-1-7(17)5-9(10)15(18,19)20/h1-6H,(H,21,22,23)/b11-6+. The van der Waals surface area contributed by atoms with Gasteiger partial charge in [-0.2, -0.15) is 13.2 Å². The number of hydrogen-bond donors (Lipinski definition) is 1. The van der Waals surface area contributed by atoms with Crippen LogP contribution < -0.4 is 5.32 Å². The SMILES string of the molecule is O=C1NC(=Nc2ccc(Cl)cc2C(F)(F)F)S/C1=C/c1ccc(Br)o1. The van der Waals surface area contributed by atoms with Gasteiger partial charge in [0.25, 0.3) is 5.91 Å². The van der Waals surface area contributed by atoms with E-state index in [1.165, 1.54) is 12.1 Å². The maximum atomic E-state index is 13.1. The molecule has 0 bridgehead atoms. The fraction of sp³-hybridized carbons (Fsp3) is 0.0667. The molecular weight excluding hydrogens is 445 g/mol. The second-order valence-electron chi connectivity index (χ2n) is 4.78. The van der Waals surface area contributed by atoms with Crippen molar-refractivity contribution < 1.29 is 22.4 Å². The molecule has 0 aliphatic carbocycles. The summed E-state index contributed by atoms with van der Waals surface area (Å²) in [4.78, 5) is 16.1. The zero-order chi connectivity index (χ0) is 18.2. The topological polar surface area (TPSA) is 54.6 Å². The highest BCUT2D eigenvalue weighted by Gasteiger charge is 2.34. The van der Waals surface area contributed by atoms with Gasteiger partial charge in [0.15, 0.2) is 9.84 Å². The Kier molecular flexibility index (Phi) is 4.99. The Balaban J connectivity index is 1.91. The number of nitrogens with zero attached hydrogens (tertiary/aromatic N) is 1. The van der Waals surface area contributed by atoms with Crippen LogP contribution in [0.2, 0.25) is 5.02 Å². The molecule has 1 N–H and O–H groups in total. The van der Waals surface area contributed by atoms with Gasteiger partial charge >= 0.3 is 6.18 Å². The summed E-state index contributed by atoms with van der Waals surface area (Å²) in [6.07, 6.45) is -3.14. The minimum absolute atomic E-state index is 0.0368. The Morgan fingerprint density at radius 1 is 1.28 bits per heavy atom. The van der Waals surface area contributed by atoms with Crippen molar-refractivity contribution in [3.8, 4) is 0 Å². The van der Waals surface area contributed by atoms with Crippen LogP contribution in [-0.2, 0) is 11.0 Å². The number of amides is 1. The number of rotatable bonds is 2. The minimum atomic E-state index is -4.61. The molecule has 2 heterocycles. The number of amidine groups is 1. The van der Waals surface area contributed by atoms with Crippen molar-refractivity contribution in [1.29, 1.82) is 0 Å². The summed E-state index contributed by atoms with van der Waals surface area (Å²) < 4.78 is 45.0. The van der Waals surface area contributed by atoms with E-state index < -0.39 is 17.6 Å². The third kappa shape index (κ3) is 4.28. The maximum Gasteiger partial charge on any atom is 0.418 e. The fourth-order valence-electron chi connectivity index (χ4n) is 1.96. The number of benzene rings is 1. The van der Waals surface area contributed by atoms with E-state index >= 15 is 0 Å². The molecule has 1 amide bonds. The van der Waals surface area contributed by atoms with Crippen molar-refractivity contribution in [3.05, 3.63) is 56.3 Å². The molecule has 25 heavy (non-hydrogen) atoms. The van der Waals surface area contributed by atoms with Gasteiger partial charge in [0.1, 0.15) is 5.76 Å². The molecule has 0 radical (unpaired) electrons. The van der Waals surface area contributed by atoms with Crippen LogP contribution in [0, 0.1) is 0 Å². The summed E-state index contributed by atoms with van der Waals surface area (Å²) in [7, 11) is 0. The predicted octanol–water partition coefficient (Wildman–Crippen LogP) is 5.61. The van der Waals surface area contributed by atoms with E-state index in [2.05, 4.69) is 26.2 Å². The number of halogens is 5. The number of carbonyl (C=O) groups excluding carboxylic acids is 1. The third-order valence-electron chi connectivity index (χ3n) is 3.00. The first kappa shape index (κ1) is 18.1. The molecule has 1 aromatic heterocycles. The molecular formula is C15H7BrClF3N2O2S. The number of thioether (sulfide) groups is 1. The molecule has 0 unspecified atom stereocenters. The lowest BCUT2D eigenvalue weighted by Gasteiger charge is -2.10. The van der Waals surface area contributed by atoms with Gasteiger partial charge in [-0.25, -0.2) is 4.99 Å². The van der Waals surface area contributed by atoms with Gasteiger partial charge in [0.2, 0.25) is 0 Å². The number of aliphatic imine (C=N–C) groups is 1. The fourth-order valence-corrected chi connectivity index (χ4v) is 3.26. The normalized spacial score (nSPS) is 18.2. The summed E-state index contributed by atoms with van der Waals surface area (Å²) in [5, 5.41) is 2.41. The number of nitrogens with one attached hydrogen (secondary N) is 1. The van der Waals surface area contributed by atoms with E-state index in [9.17, 15) is 18.0 Å². The number of hydrogen-bond acceptors (Lipinski definition) is 4. The van der Waals surface area contributed by atoms with Gasteiger partial charge in [0.05, 0.1) is 16.2 Å². The predicted molar refractivity (Wildman–Crippen MR) is 93.7 cm³/mol. The highest BCUT2D eigenvalue weighted by atomic mass is 79.9. The van der Waals surface area contributed by atoms with Crippen molar-refractivity contribution in [2.45, 2.75) is 6.18 Å². The number of furan rings is 1. The van der Waals surface area contributed by atoms with Gasteiger partial charge in [-0.1, -0.05) is 11.6 Å². The van der Waals surface area contributed by atoms with Crippen molar-refractivity contribution in [1.82, 2.24) is 5.32 Å². The lowest BCUT2D eigenvalue weighted by molar-refractivity contribution is -0.137. The summed E-state index contributed by atoms with van der Waals surface area (Å²) in [6.45, 7) is 0. The number of alkyl halides is 3. The highest BCUT2D eigenvalue weighted by molar-refractivity contribution is 9.10. The zero-order valence-corrected chi connectivity index (χ0v) is 15.2. The summed E-state index contributed by atoms with van der Waals surface area (Å²) in [5.74, 6) is -0.0490. The Morgan fingerprint density at radius 3 is 2.68 bits per heavy atom. The van der Waals surface area contributed by atoms with Crippen LogP contribution in [0.3, 0.4) is 0 Å². The Bertz CT molecular complexity index is 908. The van der Waals surface area contributed by atoms with Crippen LogP contribution in [0.15, 0.2) is 49.3 Å². The first-order valence-electron chi connectivity index (χ1n) is 6.64. The van der Waals surface area contributed by atoms with Crippen molar-refractivity contribution in [2.75, 3.05) is 0 Å². The van der Waals surface area contributed by atoms with E-state index in [1.54, 1.807) is 12.1 Å². The minimum Gasteiger partial charge on any atom is -0.450 e. The molecule has 0 saturated carbocycles. The molecule has 1 fully saturated rings. The van der Waals surface area contributed by atoms with Gasteiger partial charge in [-0.05, 0) is 58.0 Å². The lowest BCUT2D eigenvalue weighted by Crippen LogP contribution is -2.19. The molecule has 3 rings (SSSR count). The second-order valence-corrected chi connectivity index (χ2v) is 7.03. The van der Waals surface area contributed by atoms with Crippen molar-refractivity contribution in [3.63, 3.8) is 0 Å². The van der Waals surface area contributed by atoms with E-state index in [0.717, 1.165) is 23.9 Å². The largest absolute Gasteiger partial charge is 0.450 e. The van der Waals surface area contributed by atoms with E-state index in [-0.39, 0.29) is 20.8 Å². The molecule has 1 aliphatic rings. The van der Waals surface area contributed by atoms with Gasteiger partial charge in [-0.15, -0.1) is 0 Å². The molecule has 0 atom stereocenters. The zero-order valence-electron chi connectivity index (χ0n) is 12.0. The van der Waals surface area contributed by atoms with Crippen LogP contribution >= 0.6 is 39.3 Å². The van der Waals surface area contributed by atoms with Gasteiger partial charge in [-0.3, -0.25) is 4.79 Å². The van der Waals surface area contributed by atoms with Crippen molar-refractivity contribution >= 4 is 62.1 Å². The average molecular weight is 452 g/mol. The molecule has 4 nitrogen and oxygen atoms in total. The molecule has 10 heteroatoms. The first-order chi connectivity index (χ1) is 11.7. The van der Waals surface area contributed by atoms with Crippen LogP contribution in [0.5, 0.6) is 0 Å². The maximum absolute atomic E-state index is 13.1. The van der Waals surface area contributed by atoms with E-state index in [0.29, 0.717) is 10.4 Å². The summed E-state index contributed by atoms with van der Waals surface area (Å²) in [6, 6.07) is 6.54. The molecule has 1 aromatic carbocycles. The third-order valence-corrected chi connectivity index (χ3v) is 4.58. The van der Waals surface area contributed by atoms with E-state index in [4.69, 9.17) is 16.0 Å². The Labute approximate surface area is 157 Å². The number of carbonyl (C=O) groups is 1. The Morgan fingerprint density at radius 2 is 2.04 bits per heavy atom. The molecule has 0 spiro atoms. The highest BCUT2D eigenvalue weighted by Crippen LogP contribution is 2.39. The van der Waals surface area contributed by atoms with E-state index in [1.807, 2.05) is 0 Å². The van der Waals surface area contributed by atoms with Gasteiger partial charge < -0.3 is 9.73 Å². The molecule has 1 aliphatic heterocycles. The molecule has 130 valence electrons. The Hall–Kier alpha value is -1.71.